The molecular formula is C47H29N3O. The summed E-state index contributed by atoms with van der Waals surface area (Å²) in [5.74, 6) is 1.84. The molecule has 4 heteroatoms. The number of fused-ring (bicyclic) bond motifs is 5. The van der Waals surface area contributed by atoms with E-state index in [0.29, 0.717) is 17.5 Å². The molecule has 10 rings (SSSR count). The normalized spacial score (nSPS) is 11.5. The smallest absolute Gasteiger partial charge is 0.164 e. The van der Waals surface area contributed by atoms with E-state index < -0.39 is 0 Å². The molecule has 0 atom stereocenters. The molecule has 0 amide bonds. The average Bonchev–Trinajstić information content (AvgIpc) is 3.59. The van der Waals surface area contributed by atoms with Gasteiger partial charge in [-0.2, -0.15) is 0 Å². The van der Waals surface area contributed by atoms with Crippen LogP contribution in [0.4, 0.5) is 0 Å². The first-order chi connectivity index (χ1) is 25.3. The maximum atomic E-state index is 6.54. The molecule has 0 saturated carbocycles. The minimum atomic E-state index is 0.599. The van der Waals surface area contributed by atoms with E-state index in [9.17, 15) is 0 Å². The zero-order chi connectivity index (χ0) is 33.7. The molecular weight excluding hydrogens is 623 g/mol. The van der Waals surface area contributed by atoms with E-state index in [4.69, 9.17) is 19.4 Å². The topological polar surface area (TPSA) is 51.8 Å². The molecule has 2 heterocycles. The number of hydrogen-bond acceptors (Lipinski definition) is 4. The number of aromatic nitrogens is 3. The zero-order valence-corrected chi connectivity index (χ0v) is 27.5. The summed E-state index contributed by atoms with van der Waals surface area (Å²) >= 11 is 0. The minimum absolute atomic E-state index is 0.599. The van der Waals surface area contributed by atoms with Crippen LogP contribution in [0, 0.1) is 0 Å². The van der Waals surface area contributed by atoms with Crippen molar-refractivity contribution in [2.75, 3.05) is 0 Å². The molecule has 4 nitrogen and oxygen atoms in total. The van der Waals surface area contributed by atoms with Crippen molar-refractivity contribution >= 4 is 43.5 Å². The first-order valence-corrected chi connectivity index (χ1v) is 17.1. The van der Waals surface area contributed by atoms with Crippen LogP contribution in [0.3, 0.4) is 0 Å². The predicted molar refractivity (Wildman–Crippen MR) is 209 cm³/mol. The second-order valence-electron chi connectivity index (χ2n) is 12.8. The molecule has 10 aromatic rings. The summed E-state index contributed by atoms with van der Waals surface area (Å²) in [6.45, 7) is 0. The van der Waals surface area contributed by atoms with Gasteiger partial charge in [0.15, 0.2) is 17.5 Å². The monoisotopic (exact) mass is 651 g/mol. The Hall–Kier alpha value is -6.91. The van der Waals surface area contributed by atoms with Crippen molar-refractivity contribution in [3.63, 3.8) is 0 Å². The van der Waals surface area contributed by atoms with Gasteiger partial charge in [-0.1, -0.05) is 146 Å². The van der Waals surface area contributed by atoms with Crippen molar-refractivity contribution in [2.45, 2.75) is 0 Å². The number of hydrogen-bond donors (Lipinski definition) is 0. The van der Waals surface area contributed by atoms with Gasteiger partial charge in [0, 0.05) is 27.5 Å². The van der Waals surface area contributed by atoms with Crippen LogP contribution < -0.4 is 0 Å². The van der Waals surface area contributed by atoms with Crippen molar-refractivity contribution in [1.29, 1.82) is 0 Å². The van der Waals surface area contributed by atoms with Gasteiger partial charge < -0.3 is 4.42 Å². The SMILES string of the molecule is c1ccc(-c2nc(-c3ccc(-c4ccccc4)c4ccccc34)nc(-c3cccc4oc5cc(-c6ccc7ccccc7c6)ccc5c34)n2)cc1. The summed E-state index contributed by atoms with van der Waals surface area (Å²) in [5.41, 5.74) is 8.99. The van der Waals surface area contributed by atoms with Crippen LogP contribution in [-0.4, -0.2) is 15.0 Å². The van der Waals surface area contributed by atoms with Gasteiger partial charge in [-0.3, -0.25) is 0 Å². The first kappa shape index (κ1) is 29.0. The van der Waals surface area contributed by atoms with E-state index in [-0.39, 0.29) is 0 Å². The lowest BCUT2D eigenvalue weighted by Gasteiger charge is -2.13. The van der Waals surface area contributed by atoms with Crippen LogP contribution in [0.5, 0.6) is 0 Å². The predicted octanol–water partition coefficient (Wildman–Crippen LogP) is 12.4. The van der Waals surface area contributed by atoms with Crippen molar-refractivity contribution in [3.8, 4) is 56.4 Å². The number of nitrogens with zero attached hydrogens (tertiary/aromatic N) is 3. The van der Waals surface area contributed by atoms with Gasteiger partial charge in [-0.05, 0) is 74.1 Å². The summed E-state index contributed by atoms with van der Waals surface area (Å²) in [5, 5.41) is 6.67. The molecule has 0 aliphatic heterocycles. The van der Waals surface area contributed by atoms with E-state index in [1.54, 1.807) is 0 Å². The largest absolute Gasteiger partial charge is 0.456 e. The summed E-state index contributed by atoms with van der Waals surface area (Å²) in [6, 6.07) is 61.0. The molecule has 51 heavy (non-hydrogen) atoms. The van der Waals surface area contributed by atoms with E-state index in [0.717, 1.165) is 60.5 Å². The van der Waals surface area contributed by atoms with Crippen LogP contribution in [0.1, 0.15) is 0 Å². The van der Waals surface area contributed by atoms with Crippen molar-refractivity contribution in [1.82, 2.24) is 15.0 Å². The molecule has 0 N–H and O–H groups in total. The number of furan rings is 1. The number of benzene rings is 8. The van der Waals surface area contributed by atoms with Gasteiger partial charge in [-0.25, -0.2) is 15.0 Å². The second kappa shape index (κ2) is 11.9. The van der Waals surface area contributed by atoms with Gasteiger partial charge in [0.2, 0.25) is 0 Å². The molecule has 0 bridgehead atoms. The Labute approximate surface area is 294 Å². The summed E-state index contributed by atoms with van der Waals surface area (Å²) in [4.78, 5) is 15.4. The van der Waals surface area contributed by atoms with Crippen LogP contribution in [0.25, 0.3) is 99.9 Å². The Kier molecular flexibility index (Phi) is 6.78. The molecule has 238 valence electrons. The van der Waals surface area contributed by atoms with Gasteiger partial charge in [0.25, 0.3) is 0 Å². The van der Waals surface area contributed by atoms with E-state index in [1.165, 1.54) is 21.9 Å². The van der Waals surface area contributed by atoms with Crippen molar-refractivity contribution in [3.05, 3.63) is 176 Å². The fraction of sp³-hybridized carbons (Fsp3) is 0. The highest BCUT2D eigenvalue weighted by molar-refractivity contribution is 6.13. The summed E-state index contributed by atoms with van der Waals surface area (Å²) < 4.78 is 6.54. The molecule has 0 aliphatic carbocycles. The quantitative estimate of drug-likeness (QED) is 0.186. The number of rotatable bonds is 5. The third kappa shape index (κ3) is 5.04. The third-order valence-corrected chi connectivity index (χ3v) is 9.74. The summed E-state index contributed by atoms with van der Waals surface area (Å²) in [7, 11) is 0. The highest BCUT2D eigenvalue weighted by Crippen LogP contribution is 2.40. The highest BCUT2D eigenvalue weighted by Gasteiger charge is 2.19. The Morgan fingerprint density at radius 2 is 0.922 bits per heavy atom. The van der Waals surface area contributed by atoms with Gasteiger partial charge in [0.05, 0.1) is 0 Å². The van der Waals surface area contributed by atoms with Crippen molar-refractivity contribution in [2.24, 2.45) is 0 Å². The summed E-state index contributed by atoms with van der Waals surface area (Å²) in [6.07, 6.45) is 0. The first-order valence-electron chi connectivity index (χ1n) is 17.1. The average molecular weight is 652 g/mol. The fourth-order valence-electron chi connectivity index (χ4n) is 7.26. The van der Waals surface area contributed by atoms with Crippen LogP contribution >= 0.6 is 0 Å². The lowest BCUT2D eigenvalue weighted by Crippen LogP contribution is -2.01. The third-order valence-electron chi connectivity index (χ3n) is 9.74. The lowest BCUT2D eigenvalue weighted by molar-refractivity contribution is 0.669. The molecule has 0 fully saturated rings. The molecule has 0 aliphatic rings. The van der Waals surface area contributed by atoms with Gasteiger partial charge >= 0.3 is 0 Å². The van der Waals surface area contributed by atoms with Crippen LogP contribution in [0.2, 0.25) is 0 Å². The van der Waals surface area contributed by atoms with E-state index >= 15 is 0 Å². The molecule has 0 spiro atoms. The minimum Gasteiger partial charge on any atom is -0.456 e. The van der Waals surface area contributed by atoms with Gasteiger partial charge in [-0.15, -0.1) is 0 Å². The maximum Gasteiger partial charge on any atom is 0.164 e. The fourth-order valence-corrected chi connectivity index (χ4v) is 7.26. The Bertz CT molecular complexity index is 2910. The van der Waals surface area contributed by atoms with Gasteiger partial charge in [0.1, 0.15) is 11.2 Å². The second-order valence-corrected chi connectivity index (χ2v) is 12.8. The zero-order valence-electron chi connectivity index (χ0n) is 27.5. The molecule has 0 saturated heterocycles. The van der Waals surface area contributed by atoms with E-state index in [1.807, 2.05) is 48.5 Å². The maximum absolute atomic E-state index is 6.54. The molecule has 8 aromatic carbocycles. The van der Waals surface area contributed by atoms with Crippen LogP contribution in [0.15, 0.2) is 180 Å². The van der Waals surface area contributed by atoms with Crippen molar-refractivity contribution < 1.29 is 4.42 Å². The Balaban J connectivity index is 1.16. The van der Waals surface area contributed by atoms with E-state index in [2.05, 4.69) is 127 Å². The highest BCUT2D eigenvalue weighted by atomic mass is 16.3. The Morgan fingerprint density at radius 3 is 1.73 bits per heavy atom. The molecule has 0 radical (unpaired) electrons. The molecule has 2 aromatic heterocycles. The Morgan fingerprint density at radius 1 is 0.314 bits per heavy atom. The lowest BCUT2D eigenvalue weighted by atomic mass is 9.94. The van der Waals surface area contributed by atoms with Crippen LogP contribution in [-0.2, 0) is 0 Å². The standard InChI is InChI=1S/C47H29N3O/c1-3-13-31(14-4-1)36-26-27-39(38-19-10-9-18-37(36)38)46-48-45(32-15-5-2-6-16-32)49-47(50-46)41-20-11-21-42-44(41)40-25-24-35(29-43(40)51-42)34-23-22-30-12-7-8-17-33(30)28-34/h1-29H. The molecule has 0 unspecified atom stereocenters.